The number of aliphatic hydroxyl groups excluding tert-OH is 2. The first-order valence-electron chi connectivity index (χ1n) is 21.6. The minimum absolute atomic E-state index is 0.0364. The summed E-state index contributed by atoms with van der Waals surface area (Å²) in [5.41, 5.74) is 6.51. The van der Waals surface area contributed by atoms with Crippen LogP contribution in [-0.2, 0) is 21.4 Å². The van der Waals surface area contributed by atoms with Crippen LogP contribution in [0.15, 0.2) is 48.1 Å². The van der Waals surface area contributed by atoms with E-state index in [2.05, 4.69) is 90.1 Å². The van der Waals surface area contributed by atoms with Crippen molar-refractivity contribution in [2.45, 2.75) is 162 Å². The van der Waals surface area contributed by atoms with Gasteiger partial charge >= 0.3 is 0 Å². The molecular weight excluding hydrogens is 697 g/mol. The lowest BCUT2D eigenvalue weighted by molar-refractivity contribution is -0.144. The van der Waals surface area contributed by atoms with Crippen LogP contribution in [-0.4, -0.2) is 50.3 Å². The highest BCUT2D eigenvalue weighted by atomic mass is 16.5. The van der Waals surface area contributed by atoms with Crippen LogP contribution < -0.4 is 5.32 Å². The summed E-state index contributed by atoms with van der Waals surface area (Å²) in [6, 6.07) is 1.79. The molecule has 2 aromatic rings. The van der Waals surface area contributed by atoms with E-state index in [4.69, 9.17) is 4.74 Å². The van der Waals surface area contributed by atoms with Gasteiger partial charge in [-0.25, -0.2) is 0 Å². The molecule has 0 spiro atoms. The van der Waals surface area contributed by atoms with E-state index in [-0.39, 0.29) is 34.4 Å². The van der Waals surface area contributed by atoms with Crippen molar-refractivity contribution in [3.63, 3.8) is 0 Å². The largest absolute Gasteiger partial charge is 0.392 e. The molecule has 0 unspecified atom stereocenters. The molecule has 8 rings (SSSR count). The fourth-order valence-corrected chi connectivity index (χ4v) is 13.5. The van der Waals surface area contributed by atoms with Gasteiger partial charge in [-0.1, -0.05) is 77.3 Å². The third-order valence-electron chi connectivity index (χ3n) is 16.1. The normalized spacial score (nSPS) is 36.2. The maximum absolute atomic E-state index is 15.0. The number of Topliss-reactive ketones (excluding diaryl/α,β-unsaturated/α-hetero) is 1. The van der Waals surface area contributed by atoms with Crippen molar-refractivity contribution in [1.82, 2.24) is 9.88 Å². The molecule has 3 heterocycles. The molecule has 1 aromatic carbocycles. The molecule has 0 saturated heterocycles. The van der Waals surface area contributed by atoms with Crippen molar-refractivity contribution in [2.75, 3.05) is 6.54 Å². The molecule has 2 saturated carbocycles. The molecule has 4 aliphatic carbocycles. The van der Waals surface area contributed by atoms with Crippen molar-refractivity contribution in [3.8, 4) is 0 Å². The van der Waals surface area contributed by atoms with Crippen LogP contribution in [0.4, 0.5) is 0 Å². The number of ether oxygens (including phenoxy) is 1. The second-order valence-corrected chi connectivity index (χ2v) is 20.3. The number of carbonyl (C=O) groups is 2. The van der Waals surface area contributed by atoms with Gasteiger partial charge in [-0.05, 0) is 126 Å². The number of amides is 1. The predicted molar refractivity (Wildman–Crippen MR) is 225 cm³/mol. The predicted octanol–water partition coefficient (Wildman–Crippen LogP) is 9.80. The standard InChI is InChI=1S/C49H66N2O5/c1-12-13-14-15-23-50-44(55)28(4)17-16-21-47(9)34-19-18-29-24-32-31-25-30-33-26-45(5,6)56-46(7,8)38(33)41(53)36(30)37-40(31)51(39(27(2)3)42(37)54)43(32)49(29,11)48(34,10)22-20-35(47)52/h16-17,21,25-26,29,34-35,38-39,41,52-53H,2,12-15,18-20,22-24H2,1,3-11H3,(H,50,55)/b21-16+,28-17+/t29-,34-,35-,38+,39-,41+,47-,48-,49+/m0/s1. The lowest BCUT2D eigenvalue weighted by atomic mass is 9.40. The Labute approximate surface area is 334 Å². The van der Waals surface area contributed by atoms with E-state index in [0.29, 0.717) is 30.0 Å². The smallest absolute Gasteiger partial charge is 0.246 e. The number of fused-ring (bicyclic) bond motifs is 11. The number of benzene rings is 1. The molecule has 9 atom stereocenters. The number of aliphatic hydroxyl groups is 2. The van der Waals surface area contributed by atoms with Crippen molar-refractivity contribution in [3.05, 3.63) is 76.0 Å². The van der Waals surface area contributed by atoms with Gasteiger partial charge in [-0.2, -0.15) is 0 Å². The highest BCUT2D eigenvalue weighted by molar-refractivity contribution is 6.18. The van der Waals surface area contributed by atoms with Gasteiger partial charge in [-0.15, -0.1) is 0 Å². The maximum atomic E-state index is 15.0. The quantitative estimate of drug-likeness (QED) is 0.102. The molecule has 0 bridgehead atoms. The number of nitrogens with one attached hydrogen (secondary N) is 1. The third-order valence-corrected chi connectivity index (χ3v) is 16.1. The second-order valence-electron chi connectivity index (χ2n) is 20.3. The molecular formula is C49H66N2O5. The number of aromatic nitrogens is 1. The number of hydrogen-bond acceptors (Lipinski definition) is 5. The summed E-state index contributed by atoms with van der Waals surface area (Å²) in [6.45, 7) is 26.6. The molecule has 0 radical (unpaired) electrons. The van der Waals surface area contributed by atoms with Crippen molar-refractivity contribution >= 4 is 28.2 Å². The molecule has 6 aliphatic rings. The number of ketones is 1. The van der Waals surface area contributed by atoms with Crippen molar-refractivity contribution < 1.29 is 24.5 Å². The minimum Gasteiger partial charge on any atom is -0.392 e. The summed E-state index contributed by atoms with van der Waals surface area (Å²) in [5.74, 6) is 0.306. The Morgan fingerprint density at radius 3 is 2.48 bits per heavy atom. The van der Waals surface area contributed by atoms with Crippen LogP contribution in [0.2, 0.25) is 0 Å². The van der Waals surface area contributed by atoms with Gasteiger partial charge in [0.25, 0.3) is 0 Å². The summed E-state index contributed by atoms with van der Waals surface area (Å²) in [6.07, 6.45) is 16.0. The first-order chi connectivity index (χ1) is 26.2. The number of unbranched alkanes of at least 4 members (excludes halogenated alkanes) is 3. The molecule has 1 amide bonds. The average Bonchev–Trinajstić information content (AvgIpc) is 3.78. The highest BCUT2D eigenvalue weighted by Crippen LogP contribution is 2.71. The second kappa shape index (κ2) is 13.1. The summed E-state index contributed by atoms with van der Waals surface area (Å²) in [4.78, 5) is 27.8. The average molecular weight is 763 g/mol. The van der Waals surface area contributed by atoms with Crippen LogP contribution in [0, 0.1) is 28.6 Å². The first-order valence-corrected chi connectivity index (χ1v) is 21.6. The van der Waals surface area contributed by atoms with Crippen molar-refractivity contribution in [1.29, 1.82) is 0 Å². The fraction of sp³-hybridized carbons (Fsp3) is 0.633. The van der Waals surface area contributed by atoms with Gasteiger partial charge < -0.3 is 24.8 Å². The summed E-state index contributed by atoms with van der Waals surface area (Å²) in [5, 5.41) is 28.3. The Balaban J connectivity index is 1.23. The maximum Gasteiger partial charge on any atom is 0.246 e. The van der Waals surface area contributed by atoms with Gasteiger partial charge in [0.2, 0.25) is 5.91 Å². The molecule has 2 fully saturated rings. The molecule has 7 nitrogen and oxygen atoms in total. The molecule has 1 aromatic heterocycles. The topological polar surface area (TPSA) is 101 Å². The zero-order valence-corrected chi connectivity index (χ0v) is 35.7. The summed E-state index contributed by atoms with van der Waals surface area (Å²) >= 11 is 0. The highest BCUT2D eigenvalue weighted by Gasteiger charge is 2.67. The van der Waals surface area contributed by atoms with Crippen LogP contribution in [0.1, 0.15) is 165 Å². The van der Waals surface area contributed by atoms with E-state index in [9.17, 15) is 19.8 Å². The Kier molecular flexibility index (Phi) is 9.27. The third kappa shape index (κ3) is 5.31. The minimum atomic E-state index is -0.852. The summed E-state index contributed by atoms with van der Waals surface area (Å²) in [7, 11) is 0. The number of nitrogens with zero attached hydrogens (tertiary/aromatic N) is 1. The zero-order valence-electron chi connectivity index (χ0n) is 35.7. The van der Waals surface area contributed by atoms with Crippen LogP contribution in [0.3, 0.4) is 0 Å². The Hall–Kier alpha value is -3.26. The van der Waals surface area contributed by atoms with E-state index in [0.717, 1.165) is 71.7 Å². The first kappa shape index (κ1) is 39.6. The zero-order chi connectivity index (χ0) is 40.5. The van der Waals surface area contributed by atoms with Crippen LogP contribution in [0.5, 0.6) is 0 Å². The fourth-order valence-electron chi connectivity index (χ4n) is 13.5. The molecule has 56 heavy (non-hydrogen) atoms. The van der Waals surface area contributed by atoms with E-state index in [1.165, 1.54) is 24.1 Å². The molecule has 302 valence electrons. The van der Waals surface area contributed by atoms with E-state index >= 15 is 0 Å². The number of hydrogen-bond donors (Lipinski definition) is 3. The summed E-state index contributed by atoms with van der Waals surface area (Å²) < 4.78 is 8.93. The Bertz CT molecular complexity index is 2130. The van der Waals surface area contributed by atoms with Crippen molar-refractivity contribution in [2.24, 2.45) is 28.6 Å². The SMILES string of the molecule is C=C(C)[C@H]1C(=O)c2c3c(cc4c5c(n1c24)[C@@]1(C)[C@@H](CC[C@H]2[C@](C)(/C=C/C=C(\C)C(=O)NCCCCCC)[C@@H](O)CC[C@@]21C)C5)C1=CC(C)(C)OC(C)(C)[C@H]1[C@@H]3O. The monoisotopic (exact) mass is 762 g/mol. The number of carbonyl (C=O) groups excluding carboxylic acids is 2. The number of allylic oxidation sites excluding steroid dienone is 3. The molecule has 7 heteroatoms. The van der Waals surface area contributed by atoms with Gasteiger partial charge in [0.15, 0.2) is 5.78 Å². The van der Waals surface area contributed by atoms with E-state index < -0.39 is 34.9 Å². The molecule has 2 aliphatic heterocycles. The van der Waals surface area contributed by atoms with E-state index in [1.807, 2.05) is 26.0 Å². The van der Waals surface area contributed by atoms with Gasteiger partial charge in [0, 0.05) is 45.5 Å². The van der Waals surface area contributed by atoms with Gasteiger partial charge in [-0.3, -0.25) is 9.59 Å². The lowest BCUT2D eigenvalue weighted by Gasteiger charge is -2.64. The Morgan fingerprint density at radius 1 is 1.05 bits per heavy atom. The van der Waals surface area contributed by atoms with Crippen LogP contribution in [0.25, 0.3) is 16.5 Å². The van der Waals surface area contributed by atoms with Crippen LogP contribution >= 0.6 is 0 Å². The van der Waals surface area contributed by atoms with Gasteiger partial charge in [0.05, 0.1) is 34.5 Å². The van der Waals surface area contributed by atoms with E-state index in [1.54, 1.807) is 0 Å². The van der Waals surface area contributed by atoms with Gasteiger partial charge in [0.1, 0.15) is 6.04 Å². The molecule has 3 N–H and O–H groups in total. The lowest BCUT2D eigenvalue weighted by Crippen LogP contribution is -2.62. The Morgan fingerprint density at radius 2 is 1.79 bits per heavy atom. The number of rotatable bonds is 9.